The van der Waals surface area contributed by atoms with Gasteiger partial charge in [-0.25, -0.2) is 21.1 Å². The zero-order valence-corrected chi connectivity index (χ0v) is 17.8. The van der Waals surface area contributed by atoms with E-state index in [1.807, 2.05) is 0 Å². The van der Waals surface area contributed by atoms with Crippen molar-refractivity contribution in [1.82, 2.24) is 0 Å². The average molecular weight is 443 g/mol. The fraction of sp³-hybridized carbons (Fsp3) is 0.278. The summed E-state index contributed by atoms with van der Waals surface area (Å²) in [6.45, 7) is 4.66. The molecule has 1 saturated heterocycles. The summed E-state index contributed by atoms with van der Waals surface area (Å²) in [6.07, 6.45) is 0. The number of hydrogen-bond acceptors (Lipinski definition) is 5. The summed E-state index contributed by atoms with van der Waals surface area (Å²) < 4.78 is 53.4. The summed E-state index contributed by atoms with van der Waals surface area (Å²) in [5, 5.41) is 0.382. The van der Waals surface area contributed by atoms with Crippen LogP contribution in [0.15, 0.2) is 47.4 Å². The monoisotopic (exact) mass is 442 g/mol. The molecule has 2 aromatic rings. The molecule has 0 saturated carbocycles. The lowest BCUT2D eigenvalue weighted by atomic mass is 9.95. The van der Waals surface area contributed by atoms with Gasteiger partial charge in [-0.15, -0.1) is 0 Å². The first kappa shape index (κ1) is 20.6. The van der Waals surface area contributed by atoms with Crippen LogP contribution in [0, 0.1) is 12.3 Å². The molecule has 150 valence electrons. The summed E-state index contributed by atoms with van der Waals surface area (Å²) in [7, 11) is -7.74. The second-order valence-electron chi connectivity index (χ2n) is 7.28. The van der Waals surface area contributed by atoms with Gasteiger partial charge >= 0.3 is 0 Å². The van der Waals surface area contributed by atoms with Gasteiger partial charge in [0.15, 0.2) is 0 Å². The van der Waals surface area contributed by atoms with E-state index < -0.39 is 31.4 Å². The number of carbonyl (C=O) groups is 1. The smallest absolute Gasteiger partial charge is 0.262 e. The highest BCUT2D eigenvalue weighted by Crippen LogP contribution is 2.36. The van der Waals surface area contributed by atoms with Gasteiger partial charge in [0.25, 0.3) is 10.0 Å². The minimum absolute atomic E-state index is 0.0282. The number of nitrogens with zero attached hydrogens (tertiary/aromatic N) is 1. The molecule has 2 aromatic carbocycles. The Morgan fingerprint density at radius 2 is 1.82 bits per heavy atom. The molecule has 10 heteroatoms. The maximum atomic E-state index is 12.7. The molecule has 0 radical (unpaired) electrons. The largest absolute Gasteiger partial charge is 0.280 e. The standard InChI is InChI=1S/C18H19ClN2O5S2/c1-12-9-15(21-17(22)18(2,3)11-27(21,23)24)7-8-16(12)28(25,26)20-14-6-4-5-13(19)10-14/h4-10,20H,11H2,1-3H3. The van der Waals surface area contributed by atoms with Crippen molar-refractivity contribution >= 4 is 48.9 Å². The molecule has 3 rings (SSSR count). The van der Waals surface area contributed by atoms with Crippen molar-refractivity contribution in [3.63, 3.8) is 0 Å². The molecule has 1 fully saturated rings. The third-order valence-corrected chi connectivity index (χ3v) is 8.14. The van der Waals surface area contributed by atoms with Gasteiger partial charge in [0.2, 0.25) is 15.9 Å². The molecule has 0 aromatic heterocycles. The lowest BCUT2D eigenvalue weighted by molar-refractivity contribution is -0.123. The van der Waals surface area contributed by atoms with Crippen LogP contribution in [0.4, 0.5) is 11.4 Å². The maximum Gasteiger partial charge on any atom is 0.262 e. The van der Waals surface area contributed by atoms with Crippen LogP contribution in [0.5, 0.6) is 0 Å². The molecule has 7 nitrogen and oxygen atoms in total. The third kappa shape index (κ3) is 3.74. The Morgan fingerprint density at radius 1 is 1.14 bits per heavy atom. The molecule has 0 spiro atoms. The van der Waals surface area contributed by atoms with E-state index >= 15 is 0 Å². The molecule has 1 N–H and O–H groups in total. The zero-order chi connectivity index (χ0) is 20.9. The molecule has 0 aliphatic carbocycles. The predicted octanol–water partition coefficient (Wildman–Crippen LogP) is 3.15. The van der Waals surface area contributed by atoms with Gasteiger partial charge in [-0.1, -0.05) is 17.7 Å². The Morgan fingerprint density at radius 3 is 2.36 bits per heavy atom. The van der Waals surface area contributed by atoms with E-state index in [1.54, 1.807) is 32.0 Å². The van der Waals surface area contributed by atoms with Crippen LogP contribution in [0.25, 0.3) is 0 Å². The number of hydrogen-bond donors (Lipinski definition) is 1. The van der Waals surface area contributed by atoms with E-state index in [9.17, 15) is 21.6 Å². The molecule has 1 aliphatic heterocycles. The highest BCUT2D eigenvalue weighted by molar-refractivity contribution is 7.94. The van der Waals surface area contributed by atoms with Crippen molar-refractivity contribution in [2.24, 2.45) is 5.41 Å². The van der Waals surface area contributed by atoms with Gasteiger partial charge in [-0.2, -0.15) is 0 Å². The number of rotatable bonds is 4. The quantitative estimate of drug-likeness (QED) is 0.783. The Hall–Kier alpha value is -2.10. The number of sulfonamides is 2. The number of aryl methyl sites for hydroxylation is 1. The number of amides is 1. The van der Waals surface area contributed by atoms with E-state index in [0.29, 0.717) is 16.3 Å². The van der Waals surface area contributed by atoms with Crippen LogP contribution in [0.2, 0.25) is 5.02 Å². The first-order valence-electron chi connectivity index (χ1n) is 8.30. The zero-order valence-electron chi connectivity index (χ0n) is 15.4. The minimum atomic E-state index is -3.93. The predicted molar refractivity (Wildman–Crippen MR) is 108 cm³/mol. The number of anilines is 2. The van der Waals surface area contributed by atoms with Crippen molar-refractivity contribution in [3.05, 3.63) is 53.1 Å². The molecular weight excluding hydrogens is 424 g/mol. The van der Waals surface area contributed by atoms with Crippen LogP contribution in [0.3, 0.4) is 0 Å². The number of benzene rings is 2. The third-order valence-electron chi connectivity index (χ3n) is 4.34. The average Bonchev–Trinajstić information content (AvgIpc) is 2.69. The molecule has 0 bridgehead atoms. The topological polar surface area (TPSA) is 101 Å². The van der Waals surface area contributed by atoms with Gasteiger partial charge < -0.3 is 0 Å². The first-order valence-corrected chi connectivity index (χ1v) is 11.8. The van der Waals surface area contributed by atoms with Gasteiger partial charge in [0.05, 0.1) is 27.4 Å². The van der Waals surface area contributed by atoms with E-state index in [1.165, 1.54) is 31.2 Å². The molecular formula is C18H19ClN2O5S2. The Bertz CT molecular complexity index is 1170. The summed E-state index contributed by atoms with van der Waals surface area (Å²) >= 11 is 5.88. The van der Waals surface area contributed by atoms with Crippen LogP contribution in [-0.4, -0.2) is 28.5 Å². The van der Waals surface area contributed by atoms with Crippen molar-refractivity contribution in [1.29, 1.82) is 0 Å². The van der Waals surface area contributed by atoms with Crippen LogP contribution in [0.1, 0.15) is 19.4 Å². The first-order chi connectivity index (χ1) is 12.8. The number of nitrogens with one attached hydrogen (secondary N) is 1. The summed E-state index contributed by atoms with van der Waals surface area (Å²) in [6, 6.07) is 10.2. The second-order valence-corrected chi connectivity index (χ2v) is 11.2. The number of carbonyl (C=O) groups excluding carboxylic acids is 1. The summed E-state index contributed by atoms with van der Waals surface area (Å²) in [4.78, 5) is 12.5. The fourth-order valence-electron chi connectivity index (χ4n) is 3.08. The normalized spacial score (nSPS) is 18.3. The maximum absolute atomic E-state index is 12.7. The van der Waals surface area contributed by atoms with Gasteiger partial charge in [0, 0.05) is 5.02 Å². The van der Waals surface area contributed by atoms with Crippen molar-refractivity contribution in [2.45, 2.75) is 25.7 Å². The van der Waals surface area contributed by atoms with Gasteiger partial charge in [-0.3, -0.25) is 9.52 Å². The molecule has 0 atom stereocenters. The summed E-state index contributed by atoms with van der Waals surface area (Å²) in [5.41, 5.74) is -0.310. The Balaban J connectivity index is 1.98. The highest BCUT2D eigenvalue weighted by atomic mass is 35.5. The van der Waals surface area contributed by atoms with Gasteiger partial charge in [-0.05, 0) is 62.7 Å². The Labute approximate surface area is 169 Å². The molecule has 1 heterocycles. The lowest BCUT2D eigenvalue weighted by Crippen LogP contribution is -2.33. The minimum Gasteiger partial charge on any atom is -0.280 e. The van der Waals surface area contributed by atoms with Crippen LogP contribution < -0.4 is 9.03 Å². The SMILES string of the molecule is Cc1cc(N2C(=O)C(C)(C)CS2(=O)=O)ccc1S(=O)(=O)Nc1cccc(Cl)c1. The number of halogens is 1. The lowest BCUT2D eigenvalue weighted by Gasteiger charge is -2.19. The van der Waals surface area contributed by atoms with E-state index in [4.69, 9.17) is 11.6 Å². The second kappa shape index (κ2) is 6.75. The summed E-state index contributed by atoms with van der Waals surface area (Å²) in [5.74, 6) is -0.839. The van der Waals surface area contributed by atoms with Gasteiger partial charge in [0.1, 0.15) is 0 Å². The van der Waals surface area contributed by atoms with Crippen LogP contribution >= 0.6 is 11.6 Å². The van der Waals surface area contributed by atoms with Crippen molar-refractivity contribution < 1.29 is 21.6 Å². The van der Waals surface area contributed by atoms with Crippen molar-refractivity contribution in [3.8, 4) is 0 Å². The van der Waals surface area contributed by atoms with Crippen molar-refractivity contribution in [2.75, 3.05) is 14.8 Å². The molecule has 1 amide bonds. The fourth-order valence-corrected chi connectivity index (χ4v) is 6.65. The molecule has 0 unspecified atom stereocenters. The Kier molecular flexibility index (Phi) is 4.97. The molecule has 28 heavy (non-hydrogen) atoms. The van der Waals surface area contributed by atoms with Crippen LogP contribution in [-0.2, 0) is 24.8 Å². The van der Waals surface area contributed by atoms with E-state index in [2.05, 4.69) is 4.72 Å². The molecule has 1 aliphatic rings. The van der Waals surface area contributed by atoms with E-state index in [0.717, 1.165) is 4.31 Å². The van der Waals surface area contributed by atoms with E-state index in [-0.39, 0.29) is 16.3 Å². The highest BCUT2D eigenvalue weighted by Gasteiger charge is 2.50.